The van der Waals surface area contributed by atoms with Crippen molar-refractivity contribution in [1.29, 1.82) is 0 Å². The molecule has 0 aliphatic carbocycles. The molecule has 2 N–H and O–H groups in total. The SMILES string of the molecule is NS(=O)(=O)CCCCOc1c(Br)cc(Br)cc1Br. The molecule has 18 heavy (non-hydrogen) atoms. The molecule has 0 aromatic heterocycles. The fraction of sp³-hybridized carbons (Fsp3) is 0.400. The summed E-state index contributed by atoms with van der Waals surface area (Å²) in [7, 11) is -3.37. The topological polar surface area (TPSA) is 69.4 Å². The minimum absolute atomic E-state index is 0.0148. The Labute approximate surface area is 132 Å². The Morgan fingerprint density at radius 2 is 1.67 bits per heavy atom. The van der Waals surface area contributed by atoms with Crippen LogP contribution in [-0.4, -0.2) is 20.8 Å². The van der Waals surface area contributed by atoms with Crippen LogP contribution in [0.25, 0.3) is 0 Å². The van der Waals surface area contributed by atoms with E-state index in [1.807, 2.05) is 12.1 Å². The van der Waals surface area contributed by atoms with E-state index in [4.69, 9.17) is 9.88 Å². The number of hydrogen-bond donors (Lipinski definition) is 1. The molecule has 0 fully saturated rings. The molecule has 0 aliphatic rings. The van der Waals surface area contributed by atoms with Crippen LogP contribution in [0.5, 0.6) is 5.75 Å². The van der Waals surface area contributed by atoms with Crippen LogP contribution in [0.4, 0.5) is 0 Å². The molecule has 4 nitrogen and oxygen atoms in total. The summed E-state index contributed by atoms with van der Waals surface area (Å²) in [6, 6.07) is 3.76. The second-order valence-electron chi connectivity index (χ2n) is 3.62. The van der Waals surface area contributed by atoms with Crippen molar-refractivity contribution < 1.29 is 13.2 Å². The van der Waals surface area contributed by atoms with Crippen LogP contribution in [0.3, 0.4) is 0 Å². The second kappa shape index (κ2) is 7.23. The highest BCUT2D eigenvalue weighted by Gasteiger charge is 2.08. The molecule has 0 bridgehead atoms. The van der Waals surface area contributed by atoms with E-state index in [0.717, 1.165) is 13.4 Å². The van der Waals surface area contributed by atoms with Crippen molar-refractivity contribution in [3.63, 3.8) is 0 Å². The average Bonchev–Trinajstić information content (AvgIpc) is 2.19. The Kier molecular flexibility index (Phi) is 6.60. The van der Waals surface area contributed by atoms with Gasteiger partial charge >= 0.3 is 0 Å². The van der Waals surface area contributed by atoms with Crippen molar-refractivity contribution in [1.82, 2.24) is 0 Å². The fourth-order valence-corrected chi connectivity index (χ4v) is 4.34. The van der Waals surface area contributed by atoms with Gasteiger partial charge < -0.3 is 4.74 Å². The van der Waals surface area contributed by atoms with Crippen molar-refractivity contribution in [2.45, 2.75) is 12.8 Å². The summed E-state index contributed by atoms with van der Waals surface area (Å²) in [4.78, 5) is 0. The van der Waals surface area contributed by atoms with Gasteiger partial charge in [0, 0.05) is 4.47 Å². The lowest BCUT2D eigenvalue weighted by Crippen LogP contribution is -2.16. The molecule has 0 radical (unpaired) electrons. The Hall–Kier alpha value is 0.370. The van der Waals surface area contributed by atoms with Crippen molar-refractivity contribution in [3.8, 4) is 5.75 Å². The van der Waals surface area contributed by atoms with E-state index in [0.29, 0.717) is 25.2 Å². The molecule has 0 atom stereocenters. The van der Waals surface area contributed by atoms with Gasteiger partial charge in [-0.05, 0) is 56.8 Å². The van der Waals surface area contributed by atoms with Gasteiger partial charge in [0.2, 0.25) is 10.0 Å². The van der Waals surface area contributed by atoms with Gasteiger partial charge in [-0.15, -0.1) is 0 Å². The number of benzene rings is 1. The van der Waals surface area contributed by atoms with E-state index in [-0.39, 0.29) is 5.75 Å². The third kappa shape index (κ3) is 6.01. The van der Waals surface area contributed by atoms with Crippen LogP contribution in [0.2, 0.25) is 0 Å². The summed E-state index contributed by atoms with van der Waals surface area (Å²) in [6.45, 7) is 0.439. The predicted octanol–water partition coefficient (Wildman–Crippen LogP) is 3.42. The number of primary sulfonamides is 1. The summed E-state index contributed by atoms with van der Waals surface area (Å²) in [5.74, 6) is 0.688. The highest BCUT2D eigenvalue weighted by Crippen LogP contribution is 2.36. The molecule has 0 saturated heterocycles. The molecule has 1 rings (SSSR count). The molecule has 0 aliphatic heterocycles. The summed E-state index contributed by atoms with van der Waals surface area (Å²) in [5, 5.41) is 4.90. The number of ether oxygens (including phenoxy) is 1. The molecule has 8 heteroatoms. The van der Waals surface area contributed by atoms with Crippen LogP contribution in [0, 0.1) is 0 Å². The lowest BCUT2D eigenvalue weighted by atomic mass is 10.3. The second-order valence-corrected chi connectivity index (χ2v) is 7.98. The first-order valence-corrected chi connectivity index (χ1v) is 9.17. The minimum Gasteiger partial charge on any atom is -0.491 e. The van der Waals surface area contributed by atoms with Gasteiger partial charge in [-0.25, -0.2) is 13.6 Å². The van der Waals surface area contributed by atoms with Crippen LogP contribution in [0.15, 0.2) is 25.6 Å². The predicted molar refractivity (Wildman–Crippen MR) is 82.2 cm³/mol. The first-order valence-electron chi connectivity index (χ1n) is 5.07. The molecule has 0 heterocycles. The normalized spacial score (nSPS) is 11.6. The van der Waals surface area contributed by atoms with E-state index in [1.165, 1.54) is 0 Å². The van der Waals surface area contributed by atoms with Gasteiger partial charge in [-0.3, -0.25) is 0 Å². The van der Waals surface area contributed by atoms with Crippen molar-refractivity contribution in [3.05, 3.63) is 25.6 Å². The molecule has 1 aromatic rings. The maximum absolute atomic E-state index is 10.7. The maximum atomic E-state index is 10.7. The van der Waals surface area contributed by atoms with E-state index in [9.17, 15) is 8.42 Å². The Morgan fingerprint density at radius 1 is 1.11 bits per heavy atom. The van der Waals surface area contributed by atoms with Crippen LogP contribution < -0.4 is 9.88 Å². The zero-order valence-electron chi connectivity index (χ0n) is 9.33. The molecule has 1 aromatic carbocycles. The van der Waals surface area contributed by atoms with E-state index < -0.39 is 10.0 Å². The van der Waals surface area contributed by atoms with Gasteiger partial charge in [-0.1, -0.05) is 15.9 Å². The van der Waals surface area contributed by atoms with Gasteiger partial charge in [0.25, 0.3) is 0 Å². The molecular weight excluding hydrogens is 454 g/mol. The first kappa shape index (κ1) is 16.4. The largest absolute Gasteiger partial charge is 0.491 e. The number of nitrogens with two attached hydrogens (primary N) is 1. The van der Waals surface area contributed by atoms with Crippen molar-refractivity contribution >= 4 is 57.8 Å². The van der Waals surface area contributed by atoms with Gasteiger partial charge in [0.05, 0.1) is 21.3 Å². The standard InChI is InChI=1S/C10H12Br3NO3S/c11-7-5-8(12)10(9(13)6-7)17-3-1-2-4-18(14,15)16/h5-6H,1-4H2,(H2,14,15,16). The summed E-state index contributed by atoms with van der Waals surface area (Å²) in [6.07, 6.45) is 1.12. The third-order valence-corrected chi connectivity index (χ3v) is 4.53. The maximum Gasteiger partial charge on any atom is 0.209 e. The molecule has 102 valence electrons. The van der Waals surface area contributed by atoms with Gasteiger partial charge in [0.15, 0.2) is 0 Å². The lowest BCUT2D eigenvalue weighted by molar-refractivity contribution is 0.306. The number of halogens is 3. The van der Waals surface area contributed by atoms with E-state index in [2.05, 4.69) is 47.8 Å². The van der Waals surface area contributed by atoms with Crippen LogP contribution >= 0.6 is 47.8 Å². The first-order chi connectivity index (χ1) is 8.29. The van der Waals surface area contributed by atoms with E-state index in [1.54, 1.807) is 0 Å². The van der Waals surface area contributed by atoms with Crippen LogP contribution in [-0.2, 0) is 10.0 Å². The van der Waals surface area contributed by atoms with Crippen molar-refractivity contribution in [2.24, 2.45) is 5.14 Å². The highest BCUT2D eigenvalue weighted by molar-refractivity contribution is 9.11. The molecule has 0 amide bonds. The Balaban J connectivity index is 2.45. The molecule has 0 unspecified atom stereocenters. The monoisotopic (exact) mass is 463 g/mol. The lowest BCUT2D eigenvalue weighted by Gasteiger charge is -2.10. The minimum atomic E-state index is -3.37. The van der Waals surface area contributed by atoms with Gasteiger partial charge in [-0.2, -0.15) is 0 Å². The average molecular weight is 466 g/mol. The summed E-state index contributed by atoms with van der Waals surface area (Å²) < 4.78 is 29.6. The number of rotatable bonds is 6. The highest BCUT2D eigenvalue weighted by atomic mass is 79.9. The van der Waals surface area contributed by atoms with E-state index >= 15 is 0 Å². The van der Waals surface area contributed by atoms with Crippen LogP contribution in [0.1, 0.15) is 12.8 Å². The summed E-state index contributed by atoms with van der Waals surface area (Å²) in [5.41, 5.74) is 0. The number of unbranched alkanes of at least 4 members (excludes halogenated alkanes) is 1. The zero-order chi connectivity index (χ0) is 13.8. The van der Waals surface area contributed by atoms with Gasteiger partial charge in [0.1, 0.15) is 5.75 Å². The fourth-order valence-electron chi connectivity index (χ4n) is 1.25. The quantitative estimate of drug-likeness (QED) is 0.654. The zero-order valence-corrected chi connectivity index (χ0v) is 14.9. The molecular formula is C10H12Br3NO3S. The number of sulfonamides is 1. The smallest absolute Gasteiger partial charge is 0.209 e. The Bertz CT molecular complexity index is 496. The molecule has 0 spiro atoms. The summed E-state index contributed by atoms with van der Waals surface area (Å²) >= 11 is 10.2. The number of hydrogen-bond acceptors (Lipinski definition) is 3. The molecule has 0 saturated carbocycles. The third-order valence-electron chi connectivity index (χ3n) is 2.03. The van der Waals surface area contributed by atoms with Crippen molar-refractivity contribution in [2.75, 3.05) is 12.4 Å². The Morgan fingerprint density at radius 3 is 2.17 bits per heavy atom.